The molecule has 3 heterocycles. The second kappa shape index (κ2) is 10.3. The predicted octanol–water partition coefficient (Wildman–Crippen LogP) is 5.72. The third kappa shape index (κ3) is 4.95. The predicted molar refractivity (Wildman–Crippen MR) is 142 cm³/mol. The van der Waals surface area contributed by atoms with Crippen LogP contribution in [0, 0.1) is 5.82 Å². The van der Waals surface area contributed by atoms with E-state index in [2.05, 4.69) is 20.6 Å². The Hall–Kier alpha value is -4.46. The van der Waals surface area contributed by atoms with Gasteiger partial charge in [-0.25, -0.2) is 9.37 Å². The number of fused-ring (bicyclic) bond motifs is 1. The highest BCUT2D eigenvalue weighted by atomic mass is 19.1. The van der Waals surface area contributed by atoms with Gasteiger partial charge in [0.05, 0.1) is 22.9 Å². The van der Waals surface area contributed by atoms with E-state index in [1.54, 1.807) is 36.3 Å². The lowest BCUT2D eigenvalue weighted by molar-refractivity contribution is -0.117. The number of nitrogens with one attached hydrogen (secondary N) is 3. The number of aromatic amines is 1. The molecule has 0 radical (unpaired) electrons. The number of anilines is 3. The van der Waals surface area contributed by atoms with E-state index in [-0.39, 0.29) is 17.6 Å². The van der Waals surface area contributed by atoms with E-state index in [9.17, 15) is 14.0 Å². The van der Waals surface area contributed by atoms with Gasteiger partial charge in [0.25, 0.3) is 5.91 Å². The number of rotatable bonds is 7. The Balaban J connectivity index is 1.48. The summed E-state index contributed by atoms with van der Waals surface area (Å²) in [6.07, 6.45) is 2.90. The monoisotopic (exact) mass is 497 g/mol. The fourth-order valence-electron chi connectivity index (χ4n) is 4.69. The van der Waals surface area contributed by atoms with Crippen molar-refractivity contribution in [3.05, 3.63) is 95.6 Å². The first kappa shape index (κ1) is 24.2. The summed E-state index contributed by atoms with van der Waals surface area (Å²) in [4.78, 5) is 35.7. The number of para-hydroxylation sites is 1. The highest BCUT2D eigenvalue weighted by Gasteiger charge is 2.30. The Bertz CT molecular complexity index is 1430. The summed E-state index contributed by atoms with van der Waals surface area (Å²) in [5.74, 6) is -0.650. The van der Waals surface area contributed by atoms with Crippen LogP contribution in [0.15, 0.2) is 72.9 Å². The maximum atomic E-state index is 13.4. The van der Waals surface area contributed by atoms with Crippen LogP contribution in [0.4, 0.5) is 21.6 Å². The molecule has 5 rings (SSSR count). The van der Waals surface area contributed by atoms with Gasteiger partial charge >= 0.3 is 0 Å². The third-order valence-corrected chi connectivity index (χ3v) is 6.68. The van der Waals surface area contributed by atoms with Crippen LogP contribution < -0.4 is 10.6 Å². The fraction of sp³-hybridized carbons (Fsp3) is 0.207. The van der Waals surface area contributed by atoms with Crippen molar-refractivity contribution in [1.82, 2.24) is 14.9 Å². The lowest BCUT2D eigenvalue weighted by Gasteiger charge is -2.23. The number of carbonyl (C=O) groups excluding carboxylic acids is 2. The topological polar surface area (TPSA) is 90.1 Å². The van der Waals surface area contributed by atoms with Crippen molar-refractivity contribution < 1.29 is 14.0 Å². The van der Waals surface area contributed by atoms with Crippen molar-refractivity contribution in [2.24, 2.45) is 0 Å². The van der Waals surface area contributed by atoms with E-state index in [1.807, 2.05) is 43.3 Å². The Morgan fingerprint density at radius 3 is 2.62 bits per heavy atom. The smallest absolute Gasteiger partial charge is 0.257 e. The highest BCUT2D eigenvalue weighted by molar-refractivity contribution is 6.06. The first-order valence-electron chi connectivity index (χ1n) is 12.3. The van der Waals surface area contributed by atoms with Crippen LogP contribution in [0.2, 0.25) is 0 Å². The number of hydrogen-bond donors (Lipinski definition) is 3. The molecule has 4 aromatic rings. The molecule has 0 aliphatic carbocycles. The molecule has 2 amide bonds. The molecular formula is C29H28FN5O2. The van der Waals surface area contributed by atoms with Gasteiger partial charge in [-0.1, -0.05) is 37.3 Å². The van der Waals surface area contributed by atoms with Crippen molar-refractivity contribution in [3.63, 3.8) is 0 Å². The number of likely N-dealkylation sites (N-methyl/N-ethyl adjacent to an activating group) is 1. The highest BCUT2D eigenvalue weighted by Crippen LogP contribution is 2.38. The van der Waals surface area contributed by atoms with E-state index in [4.69, 9.17) is 0 Å². The summed E-state index contributed by atoms with van der Waals surface area (Å²) in [6.45, 7) is 2.55. The van der Waals surface area contributed by atoms with Crippen molar-refractivity contribution in [2.75, 3.05) is 24.2 Å². The molecule has 188 valence electrons. The summed E-state index contributed by atoms with van der Waals surface area (Å²) in [7, 11) is 1.80. The number of hydrogen-bond acceptors (Lipinski definition) is 4. The number of carbonyl (C=O) groups is 2. The van der Waals surface area contributed by atoms with Gasteiger partial charge in [-0.05, 0) is 48.4 Å². The first-order chi connectivity index (χ1) is 17.9. The van der Waals surface area contributed by atoms with Crippen molar-refractivity contribution in [2.45, 2.75) is 25.7 Å². The van der Waals surface area contributed by atoms with Gasteiger partial charge in [-0.3, -0.25) is 9.59 Å². The maximum Gasteiger partial charge on any atom is 0.257 e. The maximum absolute atomic E-state index is 13.4. The minimum Gasteiger partial charge on any atom is -0.356 e. The largest absolute Gasteiger partial charge is 0.356 e. The number of pyridine rings is 1. The van der Waals surface area contributed by atoms with Gasteiger partial charge in [0.1, 0.15) is 11.6 Å². The summed E-state index contributed by atoms with van der Waals surface area (Å²) in [5, 5.41) is 6.34. The first-order valence-corrected chi connectivity index (χ1v) is 12.3. The molecule has 0 saturated carbocycles. The molecule has 0 fully saturated rings. The zero-order valence-electron chi connectivity index (χ0n) is 20.7. The molecule has 1 aliphatic rings. The fourth-order valence-corrected chi connectivity index (χ4v) is 4.69. The standard InChI is InChI=1S/C29H28FN5O2/c1-3-22(18-9-11-20(30)12-10-18)28(36)34-24-17-19(13-15-31-24)26-27(32-21-7-5-4-6-8-21)25-23(33-26)14-16-35(2)29(25)37/h4-13,15,17,22,32-33H,3,14,16H2,1-2H3,(H,31,34,36)/t22-/m0/s1. The normalized spacial score (nSPS) is 13.7. The van der Waals surface area contributed by atoms with Crippen molar-refractivity contribution >= 4 is 29.0 Å². The molecule has 7 nitrogen and oxygen atoms in total. The Labute approximate surface area is 214 Å². The van der Waals surface area contributed by atoms with E-state index in [0.29, 0.717) is 36.5 Å². The molecule has 2 aromatic heterocycles. The molecule has 0 saturated heterocycles. The minimum absolute atomic E-state index is 0.0464. The third-order valence-electron chi connectivity index (χ3n) is 6.68. The molecule has 2 aromatic carbocycles. The van der Waals surface area contributed by atoms with Gasteiger partial charge in [0.2, 0.25) is 5.91 Å². The van der Waals surface area contributed by atoms with E-state index in [0.717, 1.165) is 28.2 Å². The van der Waals surface area contributed by atoms with Crippen LogP contribution >= 0.6 is 0 Å². The number of aromatic nitrogens is 2. The Kier molecular flexibility index (Phi) is 6.72. The van der Waals surface area contributed by atoms with Crippen LogP contribution in [0.1, 0.15) is 40.9 Å². The average molecular weight is 498 g/mol. The number of amides is 2. The zero-order chi connectivity index (χ0) is 25.9. The average Bonchev–Trinajstić information content (AvgIpc) is 3.27. The molecule has 1 aliphatic heterocycles. The quantitative estimate of drug-likeness (QED) is 0.305. The van der Waals surface area contributed by atoms with Gasteiger partial charge < -0.3 is 20.5 Å². The van der Waals surface area contributed by atoms with Crippen LogP contribution in [-0.4, -0.2) is 40.3 Å². The number of benzene rings is 2. The molecule has 8 heteroatoms. The summed E-state index contributed by atoms with van der Waals surface area (Å²) < 4.78 is 13.4. The van der Waals surface area contributed by atoms with Gasteiger partial charge in [0.15, 0.2) is 0 Å². The second-order valence-electron chi connectivity index (χ2n) is 9.13. The van der Waals surface area contributed by atoms with Gasteiger partial charge in [-0.2, -0.15) is 0 Å². The lowest BCUT2D eigenvalue weighted by atomic mass is 9.95. The van der Waals surface area contributed by atoms with Crippen molar-refractivity contribution in [3.8, 4) is 11.3 Å². The lowest BCUT2D eigenvalue weighted by Crippen LogP contribution is -2.34. The Morgan fingerprint density at radius 2 is 1.89 bits per heavy atom. The van der Waals surface area contributed by atoms with Gasteiger partial charge in [-0.15, -0.1) is 0 Å². The van der Waals surface area contributed by atoms with E-state index in [1.165, 1.54) is 12.1 Å². The van der Waals surface area contributed by atoms with Gasteiger partial charge in [0, 0.05) is 43.2 Å². The summed E-state index contributed by atoms with van der Waals surface area (Å²) in [6, 6.07) is 19.3. The molecule has 37 heavy (non-hydrogen) atoms. The number of halogens is 1. The number of H-pyrrole nitrogens is 1. The molecule has 0 unspecified atom stereocenters. The molecule has 0 spiro atoms. The zero-order valence-corrected chi connectivity index (χ0v) is 20.7. The van der Waals surface area contributed by atoms with Crippen LogP contribution in [0.25, 0.3) is 11.3 Å². The summed E-state index contributed by atoms with van der Waals surface area (Å²) >= 11 is 0. The van der Waals surface area contributed by atoms with Crippen LogP contribution in [-0.2, 0) is 11.2 Å². The molecular weight excluding hydrogens is 469 g/mol. The van der Waals surface area contributed by atoms with Crippen molar-refractivity contribution in [1.29, 1.82) is 0 Å². The van der Waals surface area contributed by atoms with Crippen LogP contribution in [0.5, 0.6) is 0 Å². The van der Waals surface area contributed by atoms with E-state index >= 15 is 0 Å². The SMILES string of the molecule is CC[C@H](C(=O)Nc1cc(-c2[nH]c3c(c2Nc2ccccc2)C(=O)N(C)CC3)ccn1)c1ccc(F)cc1. The second-order valence-corrected chi connectivity index (χ2v) is 9.13. The molecule has 1 atom stereocenters. The van der Waals surface area contributed by atoms with Crippen LogP contribution in [0.3, 0.4) is 0 Å². The number of nitrogens with zero attached hydrogens (tertiary/aromatic N) is 2. The summed E-state index contributed by atoms with van der Waals surface area (Å²) in [5.41, 5.74) is 5.33. The van der Waals surface area contributed by atoms with E-state index < -0.39 is 5.92 Å². The molecule has 3 N–H and O–H groups in total. The molecule has 0 bridgehead atoms. The Morgan fingerprint density at radius 1 is 1.14 bits per heavy atom. The minimum atomic E-state index is -0.438.